The lowest BCUT2D eigenvalue weighted by Crippen LogP contribution is -1.94. The van der Waals surface area contributed by atoms with Crippen molar-refractivity contribution in [2.24, 2.45) is 0 Å². The second-order valence-corrected chi connectivity index (χ2v) is 9.97. The van der Waals surface area contributed by atoms with Crippen LogP contribution in [0.3, 0.4) is 0 Å². The summed E-state index contributed by atoms with van der Waals surface area (Å²) in [7, 11) is 0. The summed E-state index contributed by atoms with van der Waals surface area (Å²) in [6.45, 7) is 0. The molecule has 0 amide bonds. The molecule has 7 aromatic carbocycles. The fraction of sp³-hybridized carbons (Fsp3) is 0. The number of carbonyl (C=O) groups excluding carboxylic acids is 1. The van der Waals surface area contributed by atoms with Gasteiger partial charge in [0.05, 0.1) is 0 Å². The van der Waals surface area contributed by atoms with Crippen LogP contribution in [0.4, 0.5) is 0 Å². The average Bonchev–Trinajstić information content (AvgIpc) is 3.03. The third-order valence-corrected chi connectivity index (χ3v) is 7.57. The van der Waals surface area contributed by atoms with Gasteiger partial charge in [0.25, 0.3) is 0 Å². The summed E-state index contributed by atoms with van der Waals surface area (Å²) < 4.78 is 0. The second-order valence-electron chi connectivity index (χ2n) is 9.97. The fourth-order valence-corrected chi connectivity index (χ4v) is 5.56. The van der Waals surface area contributed by atoms with Crippen LogP contribution in [0, 0.1) is 11.8 Å². The highest BCUT2D eigenvalue weighted by Gasteiger charge is 2.14. The van der Waals surface area contributed by atoms with E-state index in [4.69, 9.17) is 0 Å². The van der Waals surface area contributed by atoms with Gasteiger partial charge in [0.15, 0.2) is 6.29 Å². The Bertz CT molecular complexity index is 2110. The molecule has 0 aliphatic heterocycles. The molecule has 0 heterocycles. The maximum Gasteiger partial charge on any atom is 0.151 e. The summed E-state index contributed by atoms with van der Waals surface area (Å²) in [5, 5.41) is 7.37. The highest BCUT2D eigenvalue weighted by atomic mass is 16.1. The molecule has 0 spiro atoms. The summed E-state index contributed by atoms with van der Waals surface area (Å²) in [5.41, 5.74) is 6.44. The van der Waals surface area contributed by atoms with Gasteiger partial charge in [-0.3, -0.25) is 4.79 Å². The van der Waals surface area contributed by atoms with Gasteiger partial charge in [0, 0.05) is 16.7 Å². The van der Waals surface area contributed by atoms with Gasteiger partial charge in [0.2, 0.25) is 0 Å². The number of rotatable bonds is 3. The molecule has 0 unspecified atom stereocenters. The molecule has 0 saturated heterocycles. The molecule has 7 aromatic rings. The molecule has 1 nitrogen and oxygen atoms in total. The van der Waals surface area contributed by atoms with Gasteiger partial charge in [-0.15, -0.1) is 0 Å². The van der Waals surface area contributed by atoms with Crippen LogP contribution in [0.2, 0.25) is 0 Å². The van der Waals surface area contributed by atoms with Crippen LogP contribution in [-0.4, -0.2) is 6.29 Å². The van der Waals surface area contributed by atoms with Crippen molar-refractivity contribution >= 4 is 38.6 Å². The SMILES string of the molecule is O=Cc1cc(-c2ccccc2)c(-c2ccc3ccc4c5ccccc5ccc4c3c2)cc1C#Cc1ccccc1. The maximum atomic E-state index is 12.2. The Balaban J connectivity index is 1.48. The third kappa shape index (κ3) is 4.23. The van der Waals surface area contributed by atoms with Crippen molar-refractivity contribution in [1.29, 1.82) is 0 Å². The number of carbonyl (C=O) groups is 1. The minimum absolute atomic E-state index is 0.587. The zero-order valence-corrected chi connectivity index (χ0v) is 21.8. The first-order chi connectivity index (χ1) is 19.8. The average molecular weight is 509 g/mol. The molecule has 1 heteroatoms. The van der Waals surface area contributed by atoms with Crippen molar-refractivity contribution in [3.8, 4) is 34.1 Å². The zero-order valence-electron chi connectivity index (χ0n) is 21.8. The summed E-state index contributed by atoms with van der Waals surface area (Å²) in [5.74, 6) is 6.51. The molecule has 0 aliphatic rings. The van der Waals surface area contributed by atoms with E-state index in [1.54, 1.807) is 0 Å². The molecule has 0 saturated carbocycles. The van der Waals surface area contributed by atoms with Crippen molar-refractivity contribution < 1.29 is 4.79 Å². The van der Waals surface area contributed by atoms with Crippen molar-refractivity contribution in [2.45, 2.75) is 0 Å². The summed E-state index contributed by atoms with van der Waals surface area (Å²) in [6, 6.07) is 48.2. The zero-order chi connectivity index (χ0) is 26.9. The molecular weight excluding hydrogens is 484 g/mol. The Kier molecular flexibility index (Phi) is 5.93. The van der Waals surface area contributed by atoms with E-state index in [0.717, 1.165) is 39.7 Å². The Morgan fingerprint density at radius 2 is 1.07 bits per heavy atom. The summed E-state index contributed by atoms with van der Waals surface area (Å²) in [4.78, 5) is 12.2. The highest BCUT2D eigenvalue weighted by molar-refractivity contribution is 6.17. The van der Waals surface area contributed by atoms with E-state index in [1.165, 1.54) is 32.3 Å². The lowest BCUT2D eigenvalue weighted by molar-refractivity contribution is 0.112. The van der Waals surface area contributed by atoms with Gasteiger partial charge in [-0.1, -0.05) is 121 Å². The normalized spacial score (nSPS) is 10.9. The number of aldehydes is 1. The molecule has 0 bridgehead atoms. The molecule has 40 heavy (non-hydrogen) atoms. The van der Waals surface area contributed by atoms with E-state index in [2.05, 4.69) is 96.8 Å². The van der Waals surface area contributed by atoms with E-state index in [0.29, 0.717) is 5.56 Å². The number of hydrogen-bond acceptors (Lipinski definition) is 1. The van der Waals surface area contributed by atoms with E-state index >= 15 is 0 Å². The summed E-state index contributed by atoms with van der Waals surface area (Å²) in [6.07, 6.45) is 0.907. The Hall–Kier alpha value is -5.45. The highest BCUT2D eigenvalue weighted by Crippen LogP contribution is 2.38. The molecule has 0 aliphatic carbocycles. The van der Waals surface area contributed by atoms with Crippen LogP contribution in [0.1, 0.15) is 21.5 Å². The number of fused-ring (bicyclic) bond motifs is 5. The monoisotopic (exact) mass is 508 g/mol. The van der Waals surface area contributed by atoms with E-state index in [9.17, 15) is 4.79 Å². The van der Waals surface area contributed by atoms with E-state index < -0.39 is 0 Å². The predicted octanol–water partition coefficient (Wildman–Crippen LogP) is 9.69. The third-order valence-electron chi connectivity index (χ3n) is 7.57. The van der Waals surface area contributed by atoms with Gasteiger partial charge < -0.3 is 0 Å². The first kappa shape index (κ1) is 23.7. The molecule has 0 radical (unpaired) electrons. The van der Waals surface area contributed by atoms with E-state index in [-0.39, 0.29) is 0 Å². The maximum absolute atomic E-state index is 12.2. The first-order valence-electron chi connectivity index (χ1n) is 13.4. The lowest BCUT2D eigenvalue weighted by atomic mass is 9.88. The predicted molar refractivity (Wildman–Crippen MR) is 168 cm³/mol. The van der Waals surface area contributed by atoms with Crippen LogP contribution >= 0.6 is 0 Å². The first-order valence-corrected chi connectivity index (χ1v) is 13.4. The van der Waals surface area contributed by atoms with Crippen LogP contribution in [0.15, 0.2) is 140 Å². The second kappa shape index (κ2) is 10.0. The molecule has 7 rings (SSSR count). The number of benzene rings is 7. The number of hydrogen-bond donors (Lipinski definition) is 0. The van der Waals surface area contributed by atoms with Crippen LogP contribution in [0.5, 0.6) is 0 Å². The molecular formula is C39H24O. The largest absolute Gasteiger partial charge is 0.298 e. The standard InChI is InChI=1S/C39H24O/c40-26-33-25-38(28-11-5-2-6-12-28)39(23-31(33)16-15-27-9-3-1-4-10-27)32-18-17-30-20-21-35-34-14-8-7-13-29(34)19-22-36(35)37(30)24-32/h1-14,17-26H. The minimum Gasteiger partial charge on any atom is -0.298 e. The van der Waals surface area contributed by atoms with Gasteiger partial charge in [-0.2, -0.15) is 0 Å². The molecule has 186 valence electrons. The molecule has 0 aromatic heterocycles. The van der Waals surface area contributed by atoms with Crippen molar-refractivity contribution in [2.75, 3.05) is 0 Å². The molecule has 0 N–H and O–H groups in total. The van der Waals surface area contributed by atoms with Crippen molar-refractivity contribution in [1.82, 2.24) is 0 Å². The topological polar surface area (TPSA) is 17.1 Å². The fourth-order valence-electron chi connectivity index (χ4n) is 5.56. The van der Waals surface area contributed by atoms with Crippen LogP contribution < -0.4 is 0 Å². The minimum atomic E-state index is 0.587. The Morgan fingerprint density at radius 1 is 0.450 bits per heavy atom. The quantitative estimate of drug-likeness (QED) is 0.132. The van der Waals surface area contributed by atoms with Crippen molar-refractivity contribution in [3.63, 3.8) is 0 Å². The van der Waals surface area contributed by atoms with Crippen LogP contribution in [-0.2, 0) is 0 Å². The smallest absolute Gasteiger partial charge is 0.151 e. The Labute approximate surface area is 233 Å². The molecule has 0 fully saturated rings. The lowest BCUT2D eigenvalue weighted by Gasteiger charge is -2.15. The van der Waals surface area contributed by atoms with Gasteiger partial charge in [-0.05, 0) is 84.9 Å². The van der Waals surface area contributed by atoms with Gasteiger partial charge >= 0.3 is 0 Å². The van der Waals surface area contributed by atoms with E-state index in [1.807, 2.05) is 54.6 Å². The Morgan fingerprint density at radius 3 is 1.85 bits per heavy atom. The van der Waals surface area contributed by atoms with Crippen LogP contribution in [0.25, 0.3) is 54.6 Å². The molecule has 0 atom stereocenters. The van der Waals surface area contributed by atoms with Gasteiger partial charge in [-0.25, -0.2) is 0 Å². The van der Waals surface area contributed by atoms with Crippen molar-refractivity contribution in [3.05, 3.63) is 156 Å². The van der Waals surface area contributed by atoms with Gasteiger partial charge in [0.1, 0.15) is 0 Å². The summed E-state index contributed by atoms with van der Waals surface area (Å²) >= 11 is 0.